The Balaban J connectivity index is 1.76. The van der Waals surface area contributed by atoms with Gasteiger partial charge in [-0.3, -0.25) is 0 Å². The zero-order valence-electron chi connectivity index (χ0n) is 14.3. The van der Waals surface area contributed by atoms with E-state index in [-0.39, 0.29) is 12.1 Å². The van der Waals surface area contributed by atoms with E-state index in [0.717, 1.165) is 25.7 Å². The molecule has 0 heterocycles. The van der Waals surface area contributed by atoms with Crippen LogP contribution < -0.4 is 10.6 Å². The van der Waals surface area contributed by atoms with Crippen LogP contribution >= 0.6 is 0 Å². The molecule has 2 rings (SSSR count). The Kier molecular flexibility index (Phi) is 6.90. The lowest BCUT2D eigenvalue weighted by Crippen LogP contribution is -2.41. The fourth-order valence-electron chi connectivity index (χ4n) is 3.39. The molecule has 1 saturated carbocycles. The minimum Gasteiger partial charge on any atom is -0.393 e. The third-order valence-corrected chi connectivity index (χ3v) is 4.82. The second-order valence-corrected chi connectivity index (χ2v) is 7.04. The smallest absolute Gasteiger partial charge is 0.314 e. The third kappa shape index (κ3) is 5.87. The number of carbonyl (C=O) groups is 1. The van der Waals surface area contributed by atoms with Gasteiger partial charge >= 0.3 is 6.03 Å². The number of urea groups is 1. The van der Waals surface area contributed by atoms with Gasteiger partial charge in [-0.2, -0.15) is 0 Å². The Morgan fingerprint density at radius 3 is 2.61 bits per heavy atom. The first-order chi connectivity index (χ1) is 11.1. The van der Waals surface area contributed by atoms with Crippen molar-refractivity contribution in [3.05, 3.63) is 35.9 Å². The molecule has 3 N–H and O–H groups in total. The zero-order chi connectivity index (χ0) is 16.7. The second kappa shape index (κ2) is 8.92. The molecule has 0 saturated heterocycles. The molecule has 1 aliphatic rings. The van der Waals surface area contributed by atoms with E-state index < -0.39 is 0 Å². The predicted octanol–water partition coefficient (Wildman–Crippen LogP) is 3.28. The van der Waals surface area contributed by atoms with Crippen LogP contribution in [0.4, 0.5) is 4.79 Å². The van der Waals surface area contributed by atoms with Gasteiger partial charge in [0, 0.05) is 19.0 Å². The molecule has 0 bridgehead atoms. The average Bonchev–Trinajstić information content (AvgIpc) is 2.54. The monoisotopic (exact) mass is 318 g/mol. The fraction of sp³-hybridized carbons (Fsp3) is 0.632. The maximum atomic E-state index is 12.0. The van der Waals surface area contributed by atoms with Crippen molar-refractivity contribution < 1.29 is 9.90 Å². The molecule has 1 aliphatic carbocycles. The molecule has 0 radical (unpaired) electrons. The molecule has 1 aromatic carbocycles. The number of hydrogen-bond acceptors (Lipinski definition) is 2. The summed E-state index contributed by atoms with van der Waals surface area (Å²) in [6.45, 7) is 5.66. The molecule has 23 heavy (non-hydrogen) atoms. The van der Waals surface area contributed by atoms with Gasteiger partial charge in [-0.15, -0.1) is 0 Å². The summed E-state index contributed by atoms with van der Waals surface area (Å²) in [5.74, 6) is 1.18. The normalized spacial score (nSPS) is 22.6. The fourth-order valence-corrected chi connectivity index (χ4v) is 3.39. The maximum Gasteiger partial charge on any atom is 0.314 e. The largest absolute Gasteiger partial charge is 0.393 e. The van der Waals surface area contributed by atoms with Crippen molar-refractivity contribution in [2.75, 3.05) is 13.1 Å². The van der Waals surface area contributed by atoms with Crippen molar-refractivity contribution in [3.8, 4) is 0 Å². The molecule has 3 atom stereocenters. The molecule has 1 fully saturated rings. The zero-order valence-corrected chi connectivity index (χ0v) is 14.3. The molecule has 4 nitrogen and oxygen atoms in total. The molecule has 4 heteroatoms. The van der Waals surface area contributed by atoms with Crippen LogP contribution in [0, 0.1) is 11.8 Å². The Morgan fingerprint density at radius 2 is 1.96 bits per heavy atom. The van der Waals surface area contributed by atoms with E-state index in [1.165, 1.54) is 5.56 Å². The molecule has 0 spiro atoms. The van der Waals surface area contributed by atoms with Crippen molar-refractivity contribution in [1.82, 2.24) is 10.6 Å². The second-order valence-electron chi connectivity index (χ2n) is 7.04. The topological polar surface area (TPSA) is 61.4 Å². The van der Waals surface area contributed by atoms with Crippen molar-refractivity contribution in [3.63, 3.8) is 0 Å². The van der Waals surface area contributed by atoms with Gasteiger partial charge in [0.1, 0.15) is 0 Å². The molecule has 2 amide bonds. The number of rotatable bonds is 6. The Labute approximate surface area is 139 Å². The number of benzene rings is 1. The third-order valence-electron chi connectivity index (χ3n) is 4.82. The van der Waals surface area contributed by atoms with Crippen molar-refractivity contribution in [2.24, 2.45) is 11.8 Å². The van der Waals surface area contributed by atoms with Gasteiger partial charge in [-0.25, -0.2) is 4.79 Å². The molecule has 128 valence electrons. The first-order valence-corrected chi connectivity index (χ1v) is 8.81. The first kappa shape index (κ1) is 17.8. The van der Waals surface area contributed by atoms with Gasteiger partial charge in [0.05, 0.1) is 6.10 Å². The Bertz CT molecular complexity index is 476. The molecule has 1 aromatic rings. The molecule has 0 aliphatic heterocycles. The average molecular weight is 318 g/mol. The summed E-state index contributed by atoms with van der Waals surface area (Å²) >= 11 is 0. The highest BCUT2D eigenvalue weighted by molar-refractivity contribution is 5.73. The molecule has 0 aromatic heterocycles. The molecular formula is C19H30N2O2. The summed E-state index contributed by atoms with van der Waals surface area (Å²) in [4.78, 5) is 12.0. The summed E-state index contributed by atoms with van der Waals surface area (Å²) in [5.41, 5.74) is 1.26. The van der Waals surface area contributed by atoms with E-state index in [0.29, 0.717) is 30.8 Å². The van der Waals surface area contributed by atoms with Crippen LogP contribution in [0.3, 0.4) is 0 Å². The molecule has 3 unspecified atom stereocenters. The van der Waals surface area contributed by atoms with Crippen LogP contribution in [0.2, 0.25) is 0 Å². The van der Waals surface area contributed by atoms with Crippen molar-refractivity contribution in [2.45, 2.75) is 51.6 Å². The minimum absolute atomic E-state index is 0.105. The van der Waals surface area contributed by atoms with E-state index in [2.05, 4.69) is 36.6 Å². The highest BCUT2D eigenvalue weighted by Crippen LogP contribution is 2.24. The van der Waals surface area contributed by atoms with Crippen LogP contribution in [0.25, 0.3) is 0 Å². The minimum atomic E-state index is -0.193. The van der Waals surface area contributed by atoms with Crippen LogP contribution in [0.5, 0.6) is 0 Å². The van der Waals surface area contributed by atoms with E-state index >= 15 is 0 Å². The van der Waals surface area contributed by atoms with Gasteiger partial charge in [-0.1, -0.05) is 50.6 Å². The van der Waals surface area contributed by atoms with E-state index in [4.69, 9.17) is 0 Å². The Morgan fingerprint density at radius 1 is 1.22 bits per heavy atom. The van der Waals surface area contributed by atoms with Crippen molar-refractivity contribution >= 4 is 6.03 Å². The number of amides is 2. The van der Waals surface area contributed by atoms with Crippen molar-refractivity contribution in [1.29, 1.82) is 0 Å². The SMILES string of the molecule is CC(C)C(CNC(=O)NCC1CCCC(O)C1)c1ccccc1. The van der Waals surface area contributed by atoms with Gasteiger partial charge < -0.3 is 15.7 Å². The highest BCUT2D eigenvalue weighted by Gasteiger charge is 2.21. The first-order valence-electron chi connectivity index (χ1n) is 8.81. The number of nitrogens with one attached hydrogen (secondary N) is 2. The lowest BCUT2D eigenvalue weighted by molar-refractivity contribution is 0.101. The van der Waals surface area contributed by atoms with Gasteiger partial charge in [-0.05, 0) is 36.7 Å². The van der Waals surface area contributed by atoms with Crippen LogP contribution in [0.1, 0.15) is 51.0 Å². The van der Waals surface area contributed by atoms with Gasteiger partial charge in [0.25, 0.3) is 0 Å². The summed E-state index contributed by atoms with van der Waals surface area (Å²) in [5, 5.41) is 15.6. The summed E-state index contributed by atoms with van der Waals surface area (Å²) in [6, 6.07) is 10.2. The summed E-state index contributed by atoms with van der Waals surface area (Å²) < 4.78 is 0. The van der Waals surface area contributed by atoms with E-state index in [1.54, 1.807) is 0 Å². The summed E-state index contributed by atoms with van der Waals surface area (Å²) in [6.07, 6.45) is 3.66. The van der Waals surface area contributed by atoms with Crippen LogP contribution in [-0.4, -0.2) is 30.3 Å². The number of carbonyl (C=O) groups excluding carboxylic acids is 1. The maximum absolute atomic E-state index is 12.0. The van der Waals surface area contributed by atoms with Crippen LogP contribution in [-0.2, 0) is 0 Å². The summed E-state index contributed by atoms with van der Waals surface area (Å²) in [7, 11) is 0. The van der Waals surface area contributed by atoms with Gasteiger partial charge in [0.2, 0.25) is 0 Å². The van der Waals surface area contributed by atoms with Crippen LogP contribution in [0.15, 0.2) is 30.3 Å². The van der Waals surface area contributed by atoms with E-state index in [1.807, 2.05) is 18.2 Å². The quantitative estimate of drug-likeness (QED) is 0.754. The highest BCUT2D eigenvalue weighted by atomic mass is 16.3. The number of aliphatic hydroxyl groups excluding tert-OH is 1. The predicted molar refractivity (Wildman–Crippen MR) is 93.4 cm³/mol. The van der Waals surface area contributed by atoms with Gasteiger partial charge in [0.15, 0.2) is 0 Å². The standard InChI is InChI=1S/C19H30N2O2/c1-14(2)18(16-8-4-3-5-9-16)13-21-19(23)20-12-15-7-6-10-17(22)11-15/h3-5,8-9,14-15,17-18,22H,6-7,10-13H2,1-2H3,(H2,20,21,23). The number of hydrogen-bond donors (Lipinski definition) is 3. The van der Waals surface area contributed by atoms with E-state index in [9.17, 15) is 9.90 Å². The lowest BCUT2D eigenvalue weighted by atomic mass is 9.87. The number of aliphatic hydroxyl groups is 1. The lowest BCUT2D eigenvalue weighted by Gasteiger charge is -2.26. The molecular weight excluding hydrogens is 288 g/mol. The Hall–Kier alpha value is -1.55.